The molecule has 98 valence electrons. The molecular weight excluding hydrogens is 252 g/mol. The Bertz CT molecular complexity index is 481. The van der Waals surface area contributed by atoms with Crippen LogP contribution in [0, 0.1) is 0 Å². The van der Waals surface area contributed by atoms with E-state index in [1.54, 1.807) is 11.8 Å². The molecule has 1 nitrogen and oxygen atoms in total. The van der Waals surface area contributed by atoms with E-state index in [0.717, 1.165) is 25.5 Å². The van der Waals surface area contributed by atoms with Crippen LogP contribution in [0.15, 0.2) is 65.6 Å². The second-order valence-electron chi connectivity index (χ2n) is 4.48. The van der Waals surface area contributed by atoms with Crippen LogP contribution in [0.1, 0.15) is 18.4 Å². The van der Waals surface area contributed by atoms with Crippen LogP contribution in [0.2, 0.25) is 0 Å². The average molecular weight is 270 g/mol. The van der Waals surface area contributed by atoms with E-state index in [0.29, 0.717) is 0 Å². The van der Waals surface area contributed by atoms with Crippen molar-refractivity contribution in [1.29, 1.82) is 0 Å². The van der Waals surface area contributed by atoms with Gasteiger partial charge in [0, 0.05) is 4.90 Å². The first-order valence-corrected chi connectivity index (χ1v) is 7.47. The molecule has 0 radical (unpaired) electrons. The van der Waals surface area contributed by atoms with E-state index in [-0.39, 0.29) is 5.25 Å². The third-order valence-electron chi connectivity index (χ3n) is 2.98. The summed E-state index contributed by atoms with van der Waals surface area (Å²) < 4.78 is 0. The maximum absolute atomic E-state index is 11.1. The zero-order valence-corrected chi connectivity index (χ0v) is 11.7. The van der Waals surface area contributed by atoms with Crippen molar-refractivity contribution >= 4 is 18.0 Å². The molecule has 1 unspecified atom stereocenters. The van der Waals surface area contributed by atoms with Crippen LogP contribution in [-0.4, -0.2) is 11.5 Å². The minimum absolute atomic E-state index is 0.0612. The van der Waals surface area contributed by atoms with Crippen LogP contribution in [0.4, 0.5) is 0 Å². The van der Waals surface area contributed by atoms with E-state index < -0.39 is 0 Å². The van der Waals surface area contributed by atoms with Gasteiger partial charge in [0.1, 0.15) is 6.29 Å². The molecule has 0 aliphatic heterocycles. The quantitative estimate of drug-likeness (QED) is 0.549. The normalized spacial score (nSPS) is 12.0. The molecule has 0 bridgehead atoms. The number of hydrogen-bond acceptors (Lipinski definition) is 2. The van der Waals surface area contributed by atoms with Gasteiger partial charge in [0.25, 0.3) is 0 Å². The number of hydrogen-bond donors (Lipinski definition) is 0. The van der Waals surface area contributed by atoms with Crippen molar-refractivity contribution in [3.8, 4) is 0 Å². The van der Waals surface area contributed by atoms with Crippen LogP contribution in [0.3, 0.4) is 0 Å². The minimum Gasteiger partial charge on any atom is -0.302 e. The van der Waals surface area contributed by atoms with Gasteiger partial charge in [-0.2, -0.15) is 0 Å². The monoisotopic (exact) mass is 270 g/mol. The summed E-state index contributed by atoms with van der Waals surface area (Å²) in [5, 5.41) is 0.0612. The Morgan fingerprint density at radius 1 is 0.947 bits per heavy atom. The molecule has 2 heteroatoms. The molecule has 0 saturated carbocycles. The lowest BCUT2D eigenvalue weighted by Crippen LogP contribution is -2.04. The first kappa shape index (κ1) is 13.9. The highest BCUT2D eigenvalue weighted by atomic mass is 32.2. The smallest absolute Gasteiger partial charge is 0.133 e. The van der Waals surface area contributed by atoms with Gasteiger partial charge in [-0.15, -0.1) is 11.8 Å². The molecule has 0 amide bonds. The van der Waals surface area contributed by atoms with E-state index in [1.807, 2.05) is 24.3 Å². The fraction of sp³-hybridized carbons (Fsp3) is 0.235. The Labute approximate surface area is 119 Å². The van der Waals surface area contributed by atoms with Gasteiger partial charge in [-0.1, -0.05) is 48.5 Å². The number of thioether (sulfide) groups is 1. The predicted octanol–water partition coefficient (Wildman–Crippen LogP) is 4.37. The van der Waals surface area contributed by atoms with Crippen molar-refractivity contribution in [2.45, 2.75) is 29.4 Å². The zero-order valence-electron chi connectivity index (χ0n) is 10.9. The second-order valence-corrected chi connectivity index (χ2v) is 5.80. The Morgan fingerprint density at radius 2 is 1.58 bits per heavy atom. The standard InChI is InChI=1S/C17H18OS/c18-14-17(19-16-11-5-2-6-12-16)13-7-10-15-8-3-1-4-9-15/h1-6,8-9,11-12,14,17H,7,10,13H2. The lowest BCUT2D eigenvalue weighted by Gasteiger charge is -2.09. The van der Waals surface area contributed by atoms with E-state index in [4.69, 9.17) is 0 Å². The van der Waals surface area contributed by atoms with E-state index >= 15 is 0 Å². The molecule has 0 aliphatic rings. The molecule has 2 aromatic carbocycles. The summed E-state index contributed by atoms with van der Waals surface area (Å²) in [6.07, 6.45) is 4.09. The molecule has 1 atom stereocenters. The minimum atomic E-state index is 0.0612. The fourth-order valence-electron chi connectivity index (χ4n) is 1.98. The van der Waals surface area contributed by atoms with E-state index in [9.17, 15) is 4.79 Å². The third kappa shape index (κ3) is 4.92. The Balaban J connectivity index is 1.78. The Hall–Kier alpha value is -1.54. The Morgan fingerprint density at radius 3 is 2.21 bits per heavy atom. The van der Waals surface area contributed by atoms with Crippen molar-refractivity contribution in [3.63, 3.8) is 0 Å². The molecule has 0 N–H and O–H groups in total. The first-order valence-electron chi connectivity index (χ1n) is 6.59. The fourth-order valence-corrected chi connectivity index (χ4v) is 2.98. The van der Waals surface area contributed by atoms with Gasteiger partial charge in [-0.05, 0) is 37.0 Å². The number of aryl methyl sites for hydroxylation is 1. The number of carbonyl (C=O) groups is 1. The lowest BCUT2D eigenvalue weighted by atomic mass is 10.1. The number of aldehydes is 1. The molecule has 19 heavy (non-hydrogen) atoms. The summed E-state index contributed by atoms with van der Waals surface area (Å²) >= 11 is 1.66. The van der Waals surface area contributed by atoms with Crippen molar-refractivity contribution in [1.82, 2.24) is 0 Å². The molecule has 2 aromatic rings. The number of carbonyl (C=O) groups excluding carboxylic acids is 1. The van der Waals surface area contributed by atoms with Crippen LogP contribution in [0.5, 0.6) is 0 Å². The lowest BCUT2D eigenvalue weighted by molar-refractivity contribution is -0.107. The highest BCUT2D eigenvalue weighted by Gasteiger charge is 2.08. The highest BCUT2D eigenvalue weighted by molar-refractivity contribution is 8.00. The largest absolute Gasteiger partial charge is 0.302 e. The maximum atomic E-state index is 11.1. The number of rotatable bonds is 7. The molecular formula is C17H18OS. The van der Waals surface area contributed by atoms with Gasteiger partial charge in [-0.25, -0.2) is 0 Å². The summed E-state index contributed by atoms with van der Waals surface area (Å²) in [6, 6.07) is 20.6. The average Bonchev–Trinajstić information content (AvgIpc) is 2.48. The summed E-state index contributed by atoms with van der Waals surface area (Å²) in [5.41, 5.74) is 1.34. The third-order valence-corrected chi connectivity index (χ3v) is 4.17. The number of benzene rings is 2. The van der Waals surface area contributed by atoms with Crippen LogP contribution < -0.4 is 0 Å². The maximum Gasteiger partial charge on any atom is 0.133 e. The molecule has 2 rings (SSSR count). The Kier molecular flexibility index (Phi) is 5.70. The topological polar surface area (TPSA) is 17.1 Å². The molecule has 0 aromatic heterocycles. The van der Waals surface area contributed by atoms with Gasteiger partial charge >= 0.3 is 0 Å². The molecule has 0 fully saturated rings. The van der Waals surface area contributed by atoms with Crippen LogP contribution in [-0.2, 0) is 11.2 Å². The van der Waals surface area contributed by atoms with Gasteiger partial charge in [0.15, 0.2) is 0 Å². The molecule has 0 spiro atoms. The van der Waals surface area contributed by atoms with Crippen molar-refractivity contribution in [2.24, 2.45) is 0 Å². The van der Waals surface area contributed by atoms with Crippen molar-refractivity contribution in [2.75, 3.05) is 0 Å². The van der Waals surface area contributed by atoms with Crippen molar-refractivity contribution in [3.05, 3.63) is 66.2 Å². The van der Waals surface area contributed by atoms with E-state index in [2.05, 4.69) is 36.4 Å². The summed E-state index contributed by atoms with van der Waals surface area (Å²) in [4.78, 5) is 12.3. The van der Waals surface area contributed by atoms with Crippen LogP contribution >= 0.6 is 11.8 Å². The van der Waals surface area contributed by atoms with Gasteiger partial charge in [0.05, 0.1) is 5.25 Å². The predicted molar refractivity (Wildman–Crippen MR) is 81.5 cm³/mol. The summed E-state index contributed by atoms with van der Waals surface area (Å²) in [5.74, 6) is 0. The molecule has 0 aliphatic carbocycles. The van der Waals surface area contributed by atoms with Gasteiger partial charge in [-0.3, -0.25) is 0 Å². The van der Waals surface area contributed by atoms with Gasteiger partial charge < -0.3 is 4.79 Å². The van der Waals surface area contributed by atoms with Gasteiger partial charge in [0.2, 0.25) is 0 Å². The zero-order chi connectivity index (χ0) is 13.3. The van der Waals surface area contributed by atoms with E-state index in [1.165, 1.54) is 10.5 Å². The summed E-state index contributed by atoms with van der Waals surface area (Å²) in [7, 11) is 0. The highest BCUT2D eigenvalue weighted by Crippen LogP contribution is 2.25. The molecule has 0 heterocycles. The summed E-state index contributed by atoms with van der Waals surface area (Å²) in [6.45, 7) is 0. The van der Waals surface area contributed by atoms with Crippen LogP contribution in [0.25, 0.3) is 0 Å². The second kappa shape index (κ2) is 7.80. The first-order chi connectivity index (χ1) is 9.38. The SMILES string of the molecule is O=CC(CCCc1ccccc1)Sc1ccccc1. The van der Waals surface area contributed by atoms with Crippen molar-refractivity contribution < 1.29 is 4.79 Å². The molecule has 0 saturated heterocycles.